The van der Waals surface area contributed by atoms with E-state index in [-0.39, 0.29) is 23.6 Å². The topological polar surface area (TPSA) is 38.3 Å². The second kappa shape index (κ2) is 6.56. The Morgan fingerprint density at radius 3 is 2.76 bits per heavy atom. The predicted molar refractivity (Wildman–Crippen MR) is 78.4 cm³/mol. The molecule has 1 aromatic carbocycles. The van der Waals surface area contributed by atoms with Gasteiger partial charge in [-0.3, -0.25) is 4.79 Å². The number of ether oxygens (including phenoxy) is 1. The molecule has 0 aromatic heterocycles. The Hall–Kier alpha value is -1.42. The number of carbonyl (C=O) groups excluding carboxylic acids is 1. The van der Waals surface area contributed by atoms with Crippen LogP contribution in [0, 0.1) is 17.7 Å². The lowest BCUT2D eigenvalue weighted by Crippen LogP contribution is -2.27. The number of hydrogen-bond donors (Lipinski definition) is 1. The first kappa shape index (κ1) is 14.5. The fourth-order valence-corrected chi connectivity index (χ4v) is 2.61. The van der Waals surface area contributed by atoms with E-state index in [4.69, 9.17) is 4.74 Å². The Kier molecular flexibility index (Phi) is 4.54. The smallest absolute Gasteiger partial charge is 0.223 e. The molecule has 1 aromatic rings. The van der Waals surface area contributed by atoms with Crippen LogP contribution in [-0.4, -0.2) is 25.7 Å². The van der Waals surface area contributed by atoms with Gasteiger partial charge in [0.15, 0.2) is 0 Å². The maximum Gasteiger partial charge on any atom is 0.223 e. The summed E-state index contributed by atoms with van der Waals surface area (Å²) in [5.74, 6) is 1.00. The molecule has 0 saturated heterocycles. The highest BCUT2D eigenvalue weighted by Crippen LogP contribution is 2.47. The molecule has 3 rings (SSSR count). The van der Waals surface area contributed by atoms with Crippen LogP contribution >= 0.6 is 0 Å². The van der Waals surface area contributed by atoms with Gasteiger partial charge in [0.05, 0.1) is 0 Å². The molecule has 2 fully saturated rings. The molecule has 1 N–H and O–H groups in total. The van der Waals surface area contributed by atoms with Gasteiger partial charge in [-0.25, -0.2) is 4.39 Å². The van der Waals surface area contributed by atoms with Gasteiger partial charge in [-0.15, -0.1) is 0 Å². The second-order valence-electron chi connectivity index (χ2n) is 6.16. The molecular formula is C17H22FNO2. The summed E-state index contributed by atoms with van der Waals surface area (Å²) in [6, 6.07) is 6.47. The lowest BCUT2D eigenvalue weighted by atomic mass is 10.1. The predicted octanol–water partition coefficient (Wildman–Crippen LogP) is 2.86. The number of hydrogen-bond acceptors (Lipinski definition) is 2. The van der Waals surface area contributed by atoms with E-state index in [1.54, 1.807) is 12.1 Å². The standard InChI is InChI=1S/C17H22FNO2/c18-14-6-4-13(5-7-14)15-10-16(15)17(20)19-8-1-9-21-11-12-2-3-12/h4-7,12,15-16H,1-3,8-11H2,(H,19,20)/t15-,16+/m1/s1. The number of amides is 1. The van der Waals surface area contributed by atoms with E-state index in [1.807, 2.05) is 0 Å². The number of nitrogens with one attached hydrogen (secondary N) is 1. The maximum atomic E-state index is 12.9. The van der Waals surface area contributed by atoms with Crippen molar-refractivity contribution in [2.75, 3.05) is 19.8 Å². The fourth-order valence-electron chi connectivity index (χ4n) is 2.61. The Bertz CT molecular complexity index is 484. The van der Waals surface area contributed by atoms with Crippen molar-refractivity contribution in [1.29, 1.82) is 0 Å². The van der Waals surface area contributed by atoms with E-state index in [1.165, 1.54) is 25.0 Å². The lowest BCUT2D eigenvalue weighted by Gasteiger charge is -2.06. The van der Waals surface area contributed by atoms with Gasteiger partial charge in [0, 0.05) is 25.7 Å². The van der Waals surface area contributed by atoms with Crippen LogP contribution in [0.5, 0.6) is 0 Å². The summed E-state index contributed by atoms with van der Waals surface area (Å²) in [5, 5.41) is 2.97. The average Bonchev–Trinajstić information content (AvgIpc) is 3.37. The van der Waals surface area contributed by atoms with Gasteiger partial charge < -0.3 is 10.1 Å². The molecule has 2 saturated carbocycles. The summed E-state index contributed by atoms with van der Waals surface area (Å²) in [6.07, 6.45) is 4.36. The van der Waals surface area contributed by atoms with Crippen LogP contribution in [0.1, 0.15) is 37.2 Å². The van der Waals surface area contributed by atoms with Crippen molar-refractivity contribution in [2.45, 2.75) is 31.6 Å². The Balaban J connectivity index is 1.30. The molecule has 1 amide bonds. The second-order valence-corrected chi connectivity index (χ2v) is 6.16. The van der Waals surface area contributed by atoms with Crippen molar-refractivity contribution in [3.63, 3.8) is 0 Å². The molecule has 0 radical (unpaired) electrons. The zero-order chi connectivity index (χ0) is 14.7. The van der Waals surface area contributed by atoms with Gasteiger partial charge in [-0.05, 0) is 55.2 Å². The molecule has 2 aliphatic rings. The van der Waals surface area contributed by atoms with E-state index in [0.29, 0.717) is 6.54 Å². The largest absolute Gasteiger partial charge is 0.381 e. The number of carbonyl (C=O) groups is 1. The molecule has 4 heteroatoms. The van der Waals surface area contributed by atoms with E-state index >= 15 is 0 Å². The van der Waals surface area contributed by atoms with Gasteiger partial charge in [-0.2, -0.15) is 0 Å². The minimum Gasteiger partial charge on any atom is -0.381 e. The fraction of sp³-hybridized carbons (Fsp3) is 0.588. The number of benzene rings is 1. The van der Waals surface area contributed by atoms with Gasteiger partial charge >= 0.3 is 0 Å². The van der Waals surface area contributed by atoms with Crippen molar-refractivity contribution in [1.82, 2.24) is 5.32 Å². The molecule has 2 atom stereocenters. The molecular weight excluding hydrogens is 269 g/mol. The number of rotatable bonds is 8. The zero-order valence-electron chi connectivity index (χ0n) is 12.2. The zero-order valence-corrected chi connectivity index (χ0v) is 12.2. The van der Waals surface area contributed by atoms with Gasteiger partial charge in [0.2, 0.25) is 5.91 Å². The minimum absolute atomic E-state index is 0.0582. The summed E-state index contributed by atoms with van der Waals surface area (Å²) in [6.45, 7) is 2.28. The van der Waals surface area contributed by atoms with Crippen molar-refractivity contribution in [3.8, 4) is 0 Å². The Morgan fingerprint density at radius 2 is 2.05 bits per heavy atom. The van der Waals surface area contributed by atoms with E-state index in [2.05, 4.69) is 5.32 Å². The molecule has 3 nitrogen and oxygen atoms in total. The molecule has 0 aliphatic heterocycles. The summed E-state index contributed by atoms with van der Waals surface area (Å²) in [5.41, 5.74) is 1.06. The Morgan fingerprint density at radius 1 is 1.29 bits per heavy atom. The average molecular weight is 291 g/mol. The first-order valence-corrected chi connectivity index (χ1v) is 7.85. The van der Waals surface area contributed by atoms with E-state index in [9.17, 15) is 9.18 Å². The van der Waals surface area contributed by atoms with Crippen molar-refractivity contribution >= 4 is 5.91 Å². The number of halogens is 1. The third-order valence-corrected chi connectivity index (χ3v) is 4.24. The molecule has 114 valence electrons. The van der Waals surface area contributed by atoms with E-state index in [0.717, 1.165) is 37.5 Å². The van der Waals surface area contributed by atoms with Crippen LogP contribution in [0.4, 0.5) is 4.39 Å². The summed E-state index contributed by atoms with van der Waals surface area (Å²) >= 11 is 0. The van der Waals surface area contributed by atoms with E-state index < -0.39 is 0 Å². The van der Waals surface area contributed by atoms with Crippen LogP contribution in [-0.2, 0) is 9.53 Å². The highest BCUT2D eigenvalue weighted by atomic mass is 19.1. The molecule has 0 bridgehead atoms. The first-order valence-electron chi connectivity index (χ1n) is 7.85. The quantitative estimate of drug-likeness (QED) is 0.748. The normalized spacial score (nSPS) is 23.9. The van der Waals surface area contributed by atoms with Gasteiger partial charge in [-0.1, -0.05) is 12.1 Å². The SMILES string of the molecule is O=C(NCCCOCC1CC1)[C@H]1C[C@@H]1c1ccc(F)cc1. The van der Waals surface area contributed by atoms with Crippen LogP contribution in [0.25, 0.3) is 0 Å². The summed E-state index contributed by atoms with van der Waals surface area (Å²) < 4.78 is 18.4. The molecule has 0 unspecified atom stereocenters. The van der Waals surface area contributed by atoms with Crippen LogP contribution in [0.2, 0.25) is 0 Å². The summed E-state index contributed by atoms with van der Waals surface area (Å²) in [4.78, 5) is 12.0. The van der Waals surface area contributed by atoms with Crippen LogP contribution < -0.4 is 5.32 Å². The van der Waals surface area contributed by atoms with Gasteiger partial charge in [0.1, 0.15) is 5.82 Å². The molecule has 2 aliphatic carbocycles. The maximum absolute atomic E-state index is 12.9. The summed E-state index contributed by atoms with van der Waals surface area (Å²) in [7, 11) is 0. The molecule has 21 heavy (non-hydrogen) atoms. The molecule has 0 heterocycles. The van der Waals surface area contributed by atoms with Crippen molar-refractivity contribution in [2.24, 2.45) is 11.8 Å². The third-order valence-electron chi connectivity index (χ3n) is 4.24. The molecule has 0 spiro atoms. The highest BCUT2D eigenvalue weighted by Gasteiger charge is 2.43. The van der Waals surface area contributed by atoms with Crippen molar-refractivity contribution in [3.05, 3.63) is 35.6 Å². The van der Waals surface area contributed by atoms with Crippen molar-refractivity contribution < 1.29 is 13.9 Å². The van der Waals surface area contributed by atoms with Gasteiger partial charge in [0.25, 0.3) is 0 Å². The third kappa shape index (κ3) is 4.27. The minimum atomic E-state index is -0.230. The van der Waals surface area contributed by atoms with Crippen LogP contribution in [0.15, 0.2) is 24.3 Å². The van der Waals surface area contributed by atoms with Crippen LogP contribution in [0.3, 0.4) is 0 Å². The lowest BCUT2D eigenvalue weighted by molar-refractivity contribution is -0.122. The first-order chi connectivity index (χ1) is 10.2. The highest BCUT2D eigenvalue weighted by molar-refractivity contribution is 5.82. The Labute approximate surface area is 124 Å². The monoisotopic (exact) mass is 291 g/mol.